The molecule has 1 aliphatic heterocycles. The Morgan fingerprint density at radius 2 is 2.29 bits per heavy atom. The number of aliphatic hydroxyl groups is 1. The number of aliphatic hydroxyl groups excluding tert-OH is 1. The molecule has 1 heterocycles. The first kappa shape index (κ1) is 10.4. The van der Waals surface area contributed by atoms with Crippen molar-refractivity contribution in [2.24, 2.45) is 11.3 Å². The van der Waals surface area contributed by atoms with Crippen LogP contribution in [0.5, 0.6) is 0 Å². The van der Waals surface area contributed by atoms with Crippen LogP contribution in [-0.2, 0) is 4.74 Å². The van der Waals surface area contributed by atoms with Gasteiger partial charge in [0.1, 0.15) is 0 Å². The molecule has 0 radical (unpaired) electrons. The lowest BCUT2D eigenvalue weighted by Crippen LogP contribution is -2.31. The molecule has 0 spiro atoms. The zero-order chi connectivity index (χ0) is 10.0. The van der Waals surface area contributed by atoms with Crippen LogP contribution in [0.15, 0.2) is 0 Å². The summed E-state index contributed by atoms with van der Waals surface area (Å²) in [4.78, 5) is 2.49. The number of ether oxygens (including phenoxy) is 1. The van der Waals surface area contributed by atoms with Crippen LogP contribution >= 0.6 is 0 Å². The number of likely N-dealkylation sites (tertiary alicyclic amines) is 1. The number of hydrogen-bond acceptors (Lipinski definition) is 3. The first-order valence-corrected chi connectivity index (χ1v) is 5.60. The summed E-state index contributed by atoms with van der Waals surface area (Å²) in [7, 11) is 1.79. The predicted molar refractivity (Wildman–Crippen MR) is 55.2 cm³/mol. The molecule has 2 rings (SSSR count). The highest BCUT2D eigenvalue weighted by Crippen LogP contribution is 2.46. The summed E-state index contributed by atoms with van der Waals surface area (Å²) in [6, 6.07) is 0. The third-order valence-electron chi connectivity index (χ3n) is 3.59. The van der Waals surface area contributed by atoms with Gasteiger partial charge in [0.05, 0.1) is 6.61 Å². The van der Waals surface area contributed by atoms with E-state index in [4.69, 9.17) is 9.84 Å². The second-order valence-electron chi connectivity index (χ2n) is 5.01. The molecule has 2 aliphatic rings. The third kappa shape index (κ3) is 2.27. The van der Waals surface area contributed by atoms with Crippen molar-refractivity contribution in [2.45, 2.75) is 19.3 Å². The summed E-state index contributed by atoms with van der Waals surface area (Å²) in [5.41, 5.74) is 0.471. The predicted octanol–water partition coefficient (Wildman–Crippen LogP) is 0.727. The minimum Gasteiger partial charge on any atom is -0.396 e. The van der Waals surface area contributed by atoms with Gasteiger partial charge in [-0.25, -0.2) is 0 Å². The molecular weight excluding hydrogens is 178 g/mol. The van der Waals surface area contributed by atoms with E-state index in [1.807, 2.05) is 0 Å². The highest BCUT2D eigenvalue weighted by atomic mass is 16.5. The molecule has 82 valence electrons. The van der Waals surface area contributed by atoms with E-state index in [2.05, 4.69) is 4.90 Å². The van der Waals surface area contributed by atoms with Crippen LogP contribution < -0.4 is 0 Å². The van der Waals surface area contributed by atoms with Crippen molar-refractivity contribution in [2.75, 3.05) is 40.0 Å². The molecule has 1 saturated carbocycles. The fourth-order valence-corrected chi connectivity index (χ4v) is 2.51. The van der Waals surface area contributed by atoms with E-state index in [0.717, 1.165) is 19.7 Å². The first-order chi connectivity index (χ1) is 6.78. The molecular formula is C11H21NO2. The molecule has 3 heteroatoms. The highest BCUT2D eigenvalue weighted by Gasteiger charge is 2.44. The van der Waals surface area contributed by atoms with Gasteiger partial charge >= 0.3 is 0 Å². The number of hydrogen-bond donors (Lipinski definition) is 1. The average molecular weight is 199 g/mol. The van der Waals surface area contributed by atoms with Crippen molar-refractivity contribution in [3.05, 3.63) is 0 Å². The smallest absolute Gasteiger partial charge is 0.0530 e. The van der Waals surface area contributed by atoms with Gasteiger partial charge in [-0.2, -0.15) is 0 Å². The molecule has 1 N–H and O–H groups in total. The average Bonchev–Trinajstić information content (AvgIpc) is 2.78. The van der Waals surface area contributed by atoms with Crippen molar-refractivity contribution in [3.63, 3.8) is 0 Å². The van der Waals surface area contributed by atoms with Gasteiger partial charge in [-0.05, 0) is 31.7 Å². The summed E-state index contributed by atoms with van der Waals surface area (Å²) in [5, 5.41) is 9.05. The molecule has 0 aromatic carbocycles. The van der Waals surface area contributed by atoms with E-state index < -0.39 is 0 Å². The SMILES string of the molecule is COCC1(CN2CCC(CO)C2)CC1. The zero-order valence-corrected chi connectivity index (χ0v) is 9.04. The summed E-state index contributed by atoms with van der Waals surface area (Å²) >= 11 is 0. The fraction of sp³-hybridized carbons (Fsp3) is 1.00. The topological polar surface area (TPSA) is 32.7 Å². The minimum atomic E-state index is 0.355. The van der Waals surface area contributed by atoms with Crippen LogP contribution in [-0.4, -0.2) is 50.0 Å². The van der Waals surface area contributed by atoms with Crippen molar-refractivity contribution < 1.29 is 9.84 Å². The number of methoxy groups -OCH3 is 1. The second kappa shape index (κ2) is 4.17. The molecule has 2 fully saturated rings. The minimum absolute atomic E-state index is 0.355. The van der Waals surface area contributed by atoms with Gasteiger partial charge in [-0.15, -0.1) is 0 Å². The number of nitrogens with zero attached hydrogens (tertiary/aromatic N) is 1. The van der Waals surface area contributed by atoms with E-state index in [0.29, 0.717) is 17.9 Å². The molecule has 1 saturated heterocycles. The van der Waals surface area contributed by atoms with E-state index in [1.54, 1.807) is 7.11 Å². The maximum atomic E-state index is 9.05. The normalized spacial score (nSPS) is 30.9. The van der Waals surface area contributed by atoms with Gasteiger partial charge in [0.2, 0.25) is 0 Å². The monoisotopic (exact) mass is 199 g/mol. The lowest BCUT2D eigenvalue weighted by atomic mass is 10.1. The summed E-state index contributed by atoms with van der Waals surface area (Å²) in [5.74, 6) is 0.522. The van der Waals surface area contributed by atoms with Gasteiger partial charge in [0, 0.05) is 32.2 Å². The Bertz CT molecular complexity index is 192. The van der Waals surface area contributed by atoms with Gasteiger partial charge in [-0.3, -0.25) is 0 Å². The van der Waals surface area contributed by atoms with Crippen molar-refractivity contribution >= 4 is 0 Å². The largest absolute Gasteiger partial charge is 0.396 e. The lowest BCUT2D eigenvalue weighted by molar-refractivity contribution is 0.113. The molecule has 0 aromatic heterocycles. The van der Waals surface area contributed by atoms with Gasteiger partial charge in [-0.1, -0.05) is 0 Å². The van der Waals surface area contributed by atoms with Crippen LogP contribution in [0.2, 0.25) is 0 Å². The number of rotatable bonds is 5. The lowest BCUT2D eigenvalue weighted by Gasteiger charge is -2.22. The highest BCUT2D eigenvalue weighted by molar-refractivity contribution is 4.96. The third-order valence-corrected chi connectivity index (χ3v) is 3.59. The maximum Gasteiger partial charge on any atom is 0.0530 e. The van der Waals surface area contributed by atoms with Crippen molar-refractivity contribution in [1.82, 2.24) is 4.90 Å². The van der Waals surface area contributed by atoms with Gasteiger partial charge in [0.15, 0.2) is 0 Å². The Morgan fingerprint density at radius 1 is 1.50 bits per heavy atom. The van der Waals surface area contributed by atoms with E-state index in [-0.39, 0.29) is 0 Å². The Morgan fingerprint density at radius 3 is 2.79 bits per heavy atom. The quantitative estimate of drug-likeness (QED) is 0.708. The Balaban J connectivity index is 1.76. The molecule has 1 unspecified atom stereocenters. The van der Waals surface area contributed by atoms with Crippen LogP contribution in [0, 0.1) is 11.3 Å². The molecule has 3 nitrogen and oxygen atoms in total. The van der Waals surface area contributed by atoms with Crippen LogP contribution in [0.1, 0.15) is 19.3 Å². The Hall–Kier alpha value is -0.120. The van der Waals surface area contributed by atoms with Crippen molar-refractivity contribution in [3.8, 4) is 0 Å². The van der Waals surface area contributed by atoms with Crippen LogP contribution in [0.4, 0.5) is 0 Å². The second-order valence-corrected chi connectivity index (χ2v) is 5.01. The first-order valence-electron chi connectivity index (χ1n) is 5.60. The Kier molecular flexibility index (Phi) is 3.10. The van der Waals surface area contributed by atoms with E-state index in [1.165, 1.54) is 25.8 Å². The van der Waals surface area contributed by atoms with Gasteiger partial charge in [0.25, 0.3) is 0 Å². The Labute approximate surface area is 86.0 Å². The van der Waals surface area contributed by atoms with Crippen molar-refractivity contribution in [1.29, 1.82) is 0 Å². The molecule has 14 heavy (non-hydrogen) atoms. The van der Waals surface area contributed by atoms with E-state index in [9.17, 15) is 0 Å². The maximum absolute atomic E-state index is 9.05. The molecule has 0 amide bonds. The summed E-state index contributed by atoms with van der Waals surface area (Å²) in [6.07, 6.45) is 3.81. The molecule has 1 aliphatic carbocycles. The van der Waals surface area contributed by atoms with Gasteiger partial charge < -0.3 is 14.7 Å². The summed E-state index contributed by atoms with van der Waals surface area (Å²) < 4.78 is 5.26. The van der Waals surface area contributed by atoms with E-state index >= 15 is 0 Å². The summed E-state index contributed by atoms with van der Waals surface area (Å²) in [6.45, 7) is 4.69. The zero-order valence-electron chi connectivity index (χ0n) is 9.04. The van der Waals surface area contributed by atoms with Crippen LogP contribution in [0.25, 0.3) is 0 Å². The molecule has 0 aromatic rings. The van der Waals surface area contributed by atoms with Crippen LogP contribution in [0.3, 0.4) is 0 Å². The standard InChI is InChI=1S/C11H21NO2/c1-14-9-11(3-4-11)8-12-5-2-10(6-12)7-13/h10,13H,2-9H2,1H3. The fourth-order valence-electron chi connectivity index (χ4n) is 2.51. The molecule has 0 bridgehead atoms. The molecule has 1 atom stereocenters.